The van der Waals surface area contributed by atoms with Gasteiger partial charge < -0.3 is 10.5 Å². The third-order valence-electron chi connectivity index (χ3n) is 2.25. The van der Waals surface area contributed by atoms with Crippen molar-refractivity contribution in [1.82, 2.24) is 0 Å². The van der Waals surface area contributed by atoms with Crippen LogP contribution >= 0.6 is 11.6 Å². The third kappa shape index (κ3) is 1.91. The highest BCUT2D eigenvalue weighted by Crippen LogP contribution is 2.25. The Morgan fingerprint density at radius 1 is 1.43 bits per heavy atom. The van der Waals surface area contributed by atoms with Gasteiger partial charge in [-0.15, -0.1) is 0 Å². The van der Waals surface area contributed by atoms with E-state index < -0.39 is 0 Å². The molecule has 0 saturated carbocycles. The molecule has 1 aromatic rings. The second kappa shape index (κ2) is 4.03. The molecule has 0 amide bonds. The molecule has 3 heteroatoms. The van der Waals surface area contributed by atoms with Crippen molar-refractivity contribution < 1.29 is 4.74 Å². The molecule has 1 aliphatic heterocycles. The highest BCUT2D eigenvalue weighted by Gasteiger charge is 2.16. The Morgan fingerprint density at radius 3 is 2.93 bits per heavy atom. The van der Waals surface area contributed by atoms with E-state index in [0.29, 0.717) is 5.02 Å². The summed E-state index contributed by atoms with van der Waals surface area (Å²) in [6.45, 7) is 0.740. The van der Waals surface area contributed by atoms with Gasteiger partial charge in [0.05, 0.1) is 12.6 Å². The molecule has 0 spiro atoms. The average Bonchev–Trinajstić information content (AvgIpc) is 2.69. The predicted octanol–water partition coefficient (Wildman–Crippen LogP) is 2.64. The van der Waals surface area contributed by atoms with Crippen LogP contribution in [0.2, 0.25) is 5.02 Å². The molecule has 74 valence electrons. The molecule has 1 aliphatic rings. The SMILES string of the molecule is NC(C1=CCCO1)c1cccc(Cl)c1. The van der Waals surface area contributed by atoms with Crippen molar-refractivity contribution in [3.63, 3.8) is 0 Å². The molecular weight excluding hydrogens is 198 g/mol. The monoisotopic (exact) mass is 209 g/mol. The molecule has 0 aliphatic carbocycles. The van der Waals surface area contributed by atoms with Crippen LogP contribution in [0.4, 0.5) is 0 Å². The molecule has 0 saturated heterocycles. The third-order valence-corrected chi connectivity index (χ3v) is 2.48. The summed E-state index contributed by atoms with van der Waals surface area (Å²) in [5.41, 5.74) is 7.01. The Morgan fingerprint density at radius 2 is 2.29 bits per heavy atom. The zero-order valence-corrected chi connectivity index (χ0v) is 8.50. The van der Waals surface area contributed by atoms with Crippen molar-refractivity contribution in [2.75, 3.05) is 6.61 Å². The lowest BCUT2D eigenvalue weighted by Gasteiger charge is -2.13. The summed E-state index contributed by atoms with van der Waals surface area (Å²) in [7, 11) is 0. The molecule has 2 rings (SSSR count). The van der Waals surface area contributed by atoms with Crippen LogP contribution in [0.15, 0.2) is 36.1 Å². The maximum atomic E-state index is 6.02. The number of nitrogens with two attached hydrogens (primary N) is 1. The van der Waals surface area contributed by atoms with Gasteiger partial charge in [0.2, 0.25) is 0 Å². The zero-order valence-electron chi connectivity index (χ0n) is 7.74. The quantitative estimate of drug-likeness (QED) is 0.813. The van der Waals surface area contributed by atoms with Gasteiger partial charge in [-0.05, 0) is 23.8 Å². The molecule has 1 aromatic carbocycles. The molecule has 14 heavy (non-hydrogen) atoms. The molecule has 0 fully saturated rings. The van der Waals surface area contributed by atoms with Gasteiger partial charge >= 0.3 is 0 Å². The van der Waals surface area contributed by atoms with E-state index in [1.54, 1.807) is 0 Å². The second-order valence-electron chi connectivity index (χ2n) is 3.28. The van der Waals surface area contributed by atoms with Gasteiger partial charge in [0, 0.05) is 11.4 Å². The fourth-order valence-corrected chi connectivity index (χ4v) is 1.72. The van der Waals surface area contributed by atoms with Crippen molar-refractivity contribution in [1.29, 1.82) is 0 Å². The lowest BCUT2D eigenvalue weighted by Crippen LogP contribution is -2.13. The number of ether oxygens (including phenoxy) is 1. The first-order valence-corrected chi connectivity index (χ1v) is 4.99. The average molecular weight is 210 g/mol. The van der Waals surface area contributed by atoms with Crippen LogP contribution in [0.25, 0.3) is 0 Å². The summed E-state index contributed by atoms with van der Waals surface area (Å²) in [5.74, 6) is 0.854. The van der Waals surface area contributed by atoms with Gasteiger partial charge in [0.25, 0.3) is 0 Å². The van der Waals surface area contributed by atoms with E-state index in [0.717, 1.165) is 24.4 Å². The molecule has 2 N–H and O–H groups in total. The predicted molar refractivity (Wildman–Crippen MR) is 57.0 cm³/mol. The Bertz CT molecular complexity index is 362. The van der Waals surface area contributed by atoms with E-state index in [-0.39, 0.29) is 6.04 Å². The summed E-state index contributed by atoms with van der Waals surface area (Å²) in [4.78, 5) is 0. The smallest absolute Gasteiger partial charge is 0.113 e. The highest BCUT2D eigenvalue weighted by atomic mass is 35.5. The molecule has 1 atom stereocenters. The minimum atomic E-state index is -0.184. The Balaban J connectivity index is 2.22. The number of benzene rings is 1. The number of hydrogen-bond acceptors (Lipinski definition) is 2. The first kappa shape index (κ1) is 9.56. The van der Waals surface area contributed by atoms with E-state index in [1.165, 1.54) is 0 Å². The second-order valence-corrected chi connectivity index (χ2v) is 3.71. The van der Waals surface area contributed by atoms with Crippen LogP contribution in [-0.2, 0) is 4.74 Å². The number of rotatable bonds is 2. The Hall–Kier alpha value is -0.990. The largest absolute Gasteiger partial charge is 0.496 e. The molecular formula is C11H12ClNO. The van der Waals surface area contributed by atoms with Crippen molar-refractivity contribution in [3.8, 4) is 0 Å². The molecule has 0 aromatic heterocycles. The highest BCUT2D eigenvalue weighted by molar-refractivity contribution is 6.30. The molecule has 0 radical (unpaired) electrons. The van der Waals surface area contributed by atoms with Crippen LogP contribution in [0.3, 0.4) is 0 Å². The number of hydrogen-bond donors (Lipinski definition) is 1. The lowest BCUT2D eigenvalue weighted by molar-refractivity contribution is 0.225. The number of halogens is 1. The van der Waals surface area contributed by atoms with E-state index >= 15 is 0 Å². The Kier molecular flexibility index (Phi) is 2.75. The van der Waals surface area contributed by atoms with Crippen molar-refractivity contribution in [2.24, 2.45) is 5.73 Å². The maximum absolute atomic E-state index is 6.02. The topological polar surface area (TPSA) is 35.2 Å². The van der Waals surface area contributed by atoms with E-state index in [1.807, 2.05) is 30.3 Å². The summed E-state index contributed by atoms with van der Waals surface area (Å²) < 4.78 is 5.40. The van der Waals surface area contributed by atoms with Gasteiger partial charge in [-0.2, -0.15) is 0 Å². The van der Waals surface area contributed by atoms with Crippen LogP contribution in [-0.4, -0.2) is 6.61 Å². The standard InChI is InChI=1S/C11H12ClNO/c12-9-4-1-3-8(7-9)11(13)10-5-2-6-14-10/h1,3-5,7,11H,2,6,13H2. The first-order chi connectivity index (χ1) is 6.77. The molecule has 2 nitrogen and oxygen atoms in total. The maximum Gasteiger partial charge on any atom is 0.113 e. The molecule has 1 unspecified atom stereocenters. The van der Waals surface area contributed by atoms with Gasteiger partial charge in [-0.1, -0.05) is 23.7 Å². The van der Waals surface area contributed by atoms with Crippen molar-refractivity contribution in [2.45, 2.75) is 12.5 Å². The van der Waals surface area contributed by atoms with Gasteiger partial charge in [0.15, 0.2) is 0 Å². The van der Waals surface area contributed by atoms with Gasteiger partial charge in [0.1, 0.15) is 5.76 Å². The first-order valence-electron chi connectivity index (χ1n) is 4.61. The Labute approximate surface area is 88.3 Å². The zero-order chi connectivity index (χ0) is 9.97. The minimum absolute atomic E-state index is 0.184. The van der Waals surface area contributed by atoms with Crippen LogP contribution in [0.1, 0.15) is 18.0 Å². The fraction of sp³-hybridized carbons (Fsp3) is 0.273. The van der Waals surface area contributed by atoms with Crippen molar-refractivity contribution >= 4 is 11.6 Å². The molecule has 1 heterocycles. The minimum Gasteiger partial charge on any atom is -0.496 e. The summed E-state index contributed by atoms with van der Waals surface area (Å²) in [6.07, 6.45) is 2.98. The van der Waals surface area contributed by atoms with Gasteiger partial charge in [-0.25, -0.2) is 0 Å². The molecule has 0 bridgehead atoms. The summed E-state index contributed by atoms with van der Waals surface area (Å²) in [6, 6.07) is 7.37. The van der Waals surface area contributed by atoms with E-state index in [9.17, 15) is 0 Å². The van der Waals surface area contributed by atoms with E-state index in [4.69, 9.17) is 22.1 Å². The van der Waals surface area contributed by atoms with Crippen molar-refractivity contribution in [3.05, 3.63) is 46.7 Å². The fourth-order valence-electron chi connectivity index (χ4n) is 1.52. The van der Waals surface area contributed by atoms with Crippen LogP contribution in [0.5, 0.6) is 0 Å². The lowest BCUT2D eigenvalue weighted by atomic mass is 10.1. The summed E-state index contributed by atoms with van der Waals surface area (Å²) in [5, 5.41) is 0.705. The van der Waals surface area contributed by atoms with Crippen LogP contribution < -0.4 is 5.73 Å². The van der Waals surface area contributed by atoms with Crippen LogP contribution in [0, 0.1) is 0 Å². The normalized spacial score (nSPS) is 17.4. The summed E-state index contributed by atoms with van der Waals surface area (Å²) >= 11 is 5.88. The van der Waals surface area contributed by atoms with E-state index in [2.05, 4.69) is 0 Å². The van der Waals surface area contributed by atoms with Gasteiger partial charge in [-0.3, -0.25) is 0 Å².